The summed E-state index contributed by atoms with van der Waals surface area (Å²) in [7, 11) is -0.702. The van der Waals surface area contributed by atoms with Gasteiger partial charge in [0.15, 0.2) is 0 Å². The van der Waals surface area contributed by atoms with E-state index in [1.807, 2.05) is 6.92 Å². The Bertz CT molecular complexity index is 738. The molecule has 0 amide bonds. The van der Waals surface area contributed by atoms with Gasteiger partial charge in [-0.2, -0.15) is 0 Å². The summed E-state index contributed by atoms with van der Waals surface area (Å²) in [5.41, 5.74) is 1.53. The molecule has 0 aliphatic heterocycles. The lowest BCUT2D eigenvalue weighted by Gasteiger charge is -2.09. The maximum absolute atomic E-state index is 13.2. The number of furan rings is 1. The minimum atomic E-state index is -3.58. The first-order chi connectivity index (χ1) is 9.80. The van der Waals surface area contributed by atoms with Crippen LogP contribution < -0.4 is 5.32 Å². The average Bonchev–Trinajstić information content (AvgIpc) is 2.89. The number of hydrogen-bond donors (Lipinski definition) is 1. The number of hydrogen-bond acceptors (Lipinski definition) is 4. The molecule has 0 spiro atoms. The van der Waals surface area contributed by atoms with Gasteiger partial charge in [0.1, 0.15) is 11.6 Å². The minimum absolute atomic E-state index is 0.111. The molecule has 0 atom stereocenters. The Morgan fingerprint density at radius 1 is 1.24 bits per heavy atom. The molecule has 0 aliphatic carbocycles. The molecule has 7 heteroatoms. The molecule has 1 aromatic carbocycles. The molecule has 5 nitrogen and oxygen atoms in total. The molecule has 0 bridgehead atoms. The Labute approximate surface area is 123 Å². The van der Waals surface area contributed by atoms with Crippen LogP contribution in [0.1, 0.15) is 11.3 Å². The van der Waals surface area contributed by atoms with E-state index in [9.17, 15) is 12.8 Å². The average molecular weight is 312 g/mol. The van der Waals surface area contributed by atoms with E-state index in [1.54, 1.807) is 12.1 Å². The third-order valence-corrected chi connectivity index (χ3v) is 4.71. The van der Waals surface area contributed by atoms with Crippen molar-refractivity contribution in [2.45, 2.75) is 18.6 Å². The maximum Gasteiger partial charge on any atom is 0.275 e. The van der Waals surface area contributed by atoms with Crippen molar-refractivity contribution in [3.63, 3.8) is 0 Å². The molecule has 0 unspecified atom stereocenters. The highest BCUT2D eigenvalue weighted by Crippen LogP contribution is 2.20. The van der Waals surface area contributed by atoms with E-state index in [1.165, 1.54) is 32.3 Å². The van der Waals surface area contributed by atoms with Gasteiger partial charge in [0.05, 0.1) is 6.54 Å². The highest BCUT2D eigenvalue weighted by molar-refractivity contribution is 7.88. The van der Waals surface area contributed by atoms with Gasteiger partial charge in [0.25, 0.3) is 10.0 Å². The molecular weight excluding hydrogens is 295 g/mol. The zero-order chi connectivity index (χ0) is 15.6. The number of nitrogens with zero attached hydrogens (tertiary/aromatic N) is 1. The van der Waals surface area contributed by atoms with Crippen LogP contribution in [0, 0.1) is 12.7 Å². The van der Waals surface area contributed by atoms with Gasteiger partial charge >= 0.3 is 0 Å². The molecular formula is C14H17FN2O3S. The molecule has 114 valence electrons. The number of benzene rings is 1. The van der Waals surface area contributed by atoms with Crippen LogP contribution >= 0.6 is 0 Å². The van der Waals surface area contributed by atoms with Gasteiger partial charge in [-0.1, -0.05) is 6.07 Å². The second kappa shape index (κ2) is 5.87. The third-order valence-electron chi connectivity index (χ3n) is 3.02. The predicted molar refractivity (Wildman–Crippen MR) is 78.0 cm³/mol. The van der Waals surface area contributed by atoms with E-state index in [2.05, 4.69) is 5.32 Å². The summed E-state index contributed by atoms with van der Waals surface area (Å²) in [6, 6.07) is 7.43. The third kappa shape index (κ3) is 3.43. The van der Waals surface area contributed by atoms with Gasteiger partial charge in [-0.25, -0.2) is 17.1 Å². The summed E-state index contributed by atoms with van der Waals surface area (Å²) < 4.78 is 43.3. The van der Waals surface area contributed by atoms with Crippen LogP contribution in [-0.4, -0.2) is 26.8 Å². The SMILES string of the molecule is Cc1ccc(F)cc1NCc1ccc(S(=O)(=O)N(C)C)o1. The fraction of sp³-hybridized carbons (Fsp3) is 0.286. The number of anilines is 1. The zero-order valence-electron chi connectivity index (χ0n) is 12.1. The van der Waals surface area contributed by atoms with Crippen molar-refractivity contribution in [3.8, 4) is 0 Å². The Balaban J connectivity index is 2.12. The van der Waals surface area contributed by atoms with E-state index in [0.717, 1.165) is 9.87 Å². The Hall–Kier alpha value is -1.86. The molecule has 2 rings (SSSR count). The molecule has 1 heterocycles. The smallest absolute Gasteiger partial charge is 0.275 e. The highest BCUT2D eigenvalue weighted by Gasteiger charge is 2.21. The number of rotatable bonds is 5. The van der Waals surface area contributed by atoms with Crippen LogP contribution in [-0.2, 0) is 16.6 Å². The summed E-state index contributed by atoms with van der Waals surface area (Å²) in [6.45, 7) is 2.12. The van der Waals surface area contributed by atoms with Gasteiger partial charge in [-0.15, -0.1) is 0 Å². The van der Waals surface area contributed by atoms with Gasteiger partial charge in [-0.3, -0.25) is 0 Å². The van der Waals surface area contributed by atoms with E-state index in [4.69, 9.17) is 4.42 Å². The first-order valence-electron chi connectivity index (χ1n) is 6.32. The molecule has 2 aromatic rings. The van der Waals surface area contributed by atoms with Gasteiger partial charge in [-0.05, 0) is 36.8 Å². The van der Waals surface area contributed by atoms with E-state index in [-0.39, 0.29) is 17.5 Å². The molecule has 0 aliphatic rings. The van der Waals surface area contributed by atoms with Crippen molar-refractivity contribution in [3.05, 3.63) is 47.5 Å². The van der Waals surface area contributed by atoms with Crippen molar-refractivity contribution in [1.29, 1.82) is 0 Å². The lowest BCUT2D eigenvalue weighted by Crippen LogP contribution is -2.21. The molecule has 0 saturated carbocycles. The molecule has 0 radical (unpaired) electrons. The van der Waals surface area contributed by atoms with E-state index >= 15 is 0 Å². The van der Waals surface area contributed by atoms with Crippen LogP contribution in [0.3, 0.4) is 0 Å². The zero-order valence-corrected chi connectivity index (χ0v) is 12.9. The van der Waals surface area contributed by atoms with Crippen molar-refractivity contribution in [1.82, 2.24) is 4.31 Å². The van der Waals surface area contributed by atoms with Gasteiger partial charge in [0.2, 0.25) is 5.09 Å². The molecule has 0 saturated heterocycles. The first-order valence-corrected chi connectivity index (χ1v) is 7.76. The minimum Gasteiger partial charge on any atom is -0.446 e. The summed E-state index contributed by atoms with van der Waals surface area (Å²) >= 11 is 0. The van der Waals surface area contributed by atoms with Gasteiger partial charge in [0, 0.05) is 19.8 Å². The van der Waals surface area contributed by atoms with E-state index in [0.29, 0.717) is 11.4 Å². The quantitative estimate of drug-likeness (QED) is 0.922. The number of nitrogens with one attached hydrogen (secondary N) is 1. The lowest BCUT2D eigenvalue weighted by molar-refractivity contribution is 0.402. The van der Waals surface area contributed by atoms with Crippen LogP contribution in [0.15, 0.2) is 39.8 Å². The Kier molecular flexibility index (Phi) is 4.34. The van der Waals surface area contributed by atoms with Crippen LogP contribution in [0.2, 0.25) is 0 Å². The first kappa shape index (κ1) is 15.5. The summed E-state index contributed by atoms with van der Waals surface area (Å²) in [6.07, 6.45) is 0. The number of halogens is 1. The molecule has 1 N–H and O–H groups in total. The van der Waals surface area contributed by atoms with Crippen LogP contribution in [0.4, 0.5) is 10.1 Å². The van der Waals surface area contributed by atoms with Crippen molar-refractivity contribution >= 4 is 15.7 Å². The Morgan fingerprint density at radius 2 is 1.95 bits per heavy atom. The second-order valence-corrected chi connectivity index (χ2v) is 6.90. The van der Waals surface area contributed by atoms with E-state index < -0.39 is 10.0 Å². The summed E-state index contributed by atoms with van der Waals surface area (Å²) in [5, 5.41) is 2.91. The fourth-order valence-electron chi connectivity index (χ4n) is 1.74. The lowest BCUT2D eigenvalue weighted by atomic mass is 10.2. The normalized spacial score (nSPS) is 11.9. The standard InChI is InChI=1S/C14H17FN2O3S/c1-10-4-5-11(15)8-13(10)16-9-12-6-7-14(20-12)21(18,19)17(2)3/h4-8,16H,9H2,1-3H3. The maximum atomic E-state index is 13.2. The summed E-state index contributed by atoms with van der Waals surface area (Å²) in [4.78, 5) is 0. The van der Waals surface area contributed by atoms with Gasteiger partial charge < -0.3 is 9.73 Å². The highest BCUT2D eigenvalue weighted by atomic mass is 32.2. The topological polar surface area (TPSA) is 62.6 Å². The number of sulfonamides is 1. The van der Waals surface area contributed by atoms with Crippen LogP contribution in [0.25, 0.3) is 0 Å². The van der Waals surface area contributed by atoms with Crippen molar-refractivity contribution in [2.24, 2.45) is 0 Å². The monoisotopic (exact) mass is 312 g/mol. The molecule has 0 fully saturated rings. The Morgan fingerprint density at radius 3 is 2.62 bits per heavy atom. The second-order valence-electron chi connectivity index (χ2n) is 4.82. The summed E-state index contributed by atoms with van der Waals surface area (Å²) in [5.74, 6) is 0.123. The van der Waals surface area contributed by atoms with Crippen molar-refractivity contribution in [2.75, 3.05) is 19.4 Å². The number of aryl methyl sites for hydroxylation is 1. The molecule has 21 heavy (non-hydrogen) atoms. The fourth-order valence-corrected chi connectivity index (χ4v) is 2.55. The van der Waals surface area contributed by atoms with Crippen molar-refractivity contribution < 1.29 is 17.2 Å². The predicted octanol–water partition coefficient (Wildman–Crippen LogP) is 2.59. The largest absolute Gasteiger partial charge is 0.446 e. The molecule has 1 aromatic heterocycles. The van der Waals surface area contributed by atoms with Crippen LogP contribution in [0.5, 0.6) is 0 Å².